The average Bonchev–Trinajstić information content (AvgIpc) is 2.73. The molecule has 0 saturated carbocycles. The van der Waals surface area contributed by atoms with Crippen LogP contribution in [0.4, 0.5) is 0 Å². The fraction of sp³-hybridized carbons (Fsp3) is 0.385. The van der Waals surface area contributed by atoms with Gasteiger partial charge in [0.05, 0.1) is 0 Å². The summed E-state index contributed by atoms with van der Waals surface area (Å²) in [5.74, 6) is 0.00915. The van der Waals surface area contributed by atoms with Crippen LogP contribution in [0.25, 0.3) is 0 Å². The molecular formula is C13H17N3O2. The van der Waals surface area contributed by atoms with E-state index in [4.69, 9.17) is 10.9 Å². The Bertz CT molecular complexity index is 468. The Morgan fingerprint density at radius 3 is 2.78 bits per heavy atom. The predicted octanol–water partition coefficient (Wildman–Crippen LogP) is 1.09. The van der Waals surface area contributed by atoms with Crippen molar-refractivity contribution in [3.8, 4) is 0 Å². The summed E-state index contributed by atoms with van der Waals surface area (Å²) in [4.78, 5) is 13.6. The first-order valence-corrected chi connectivity index (χ1v) is 5.91. The van der Waals surface area contributed by atoms with Crippen molar-refractivity contribution >= 4 is 11.7 Å². The summed E-state index contributed by atoms with van der Waals surface area (Å²) >= 11 is 0. The molecule has 1 saturated heterocycles. The van der Waals surface area contributed by atoms with Crippen LogP contribution in [0.15, 0.2) is 29.4 Å². The highest BCUT2D eigenvalue weighted by Gasteiger charge is 2.32. The normalized spacial score (nSPS) is 20.5. The van der Waals surface area contributed by atoms with Gasteiger partial charge in [0.15, 0.2) is 0 Å². The molecule has 5 nitrogen and oxygen atoms in total. The van der Waals surface area contributed by atoms with E-state index in [-0.39, 0.29) is 17.7 Å². The van der Waals surface area contributed by atoms with Crippen molar-refractivity contribution in [2.75, 3.05) is 6.54 Å². The molecule has 5 heteroatoms. The average molecular weight is 247 g/mol. The van der Waals surface area contributed by atoms with Crippen molar-refractivity contribution in [1.82, 2.24) is 4.90 Å². The van der Waals surface area contributed by atoms with Crippen molar-refractivity contribution in [1.29, 1.82) is 0 Å². The van der Waals surface area contributed by atoms with E-state index in [0.717, 1.165) is 5.56 Å². The van der Waals surface area contributed by atoms with Gasteiger partial charge < -0.3 is 15.8 Å². The van der Waals surface area contributed by atoms with Gasteiger partial charge in [0.2, 0.25) is 5.91 Å². The molecule has 1 aromatic carbocycles. The third kappa shape index (κ3) is 2.61. The number of nitrogens with two attached hydrogens (primary N) is 1. The molecule has 0 bridgehead atoms. The summed E-state index contributed by atoms with van der Waals surface area (Å²) in [6.07, 6.45) is 0.321. The summed E-state index contributed by atoms with van der Waals surface area (Å²) in [7, 11) is 0. The SMILES string of the molecule is Cc1ccc(CN2C[C@@H](/C(N)=N\O)CC2=O)cc1. The lowest BCUT2D eigenvalue weighted by atomic mass is 10.1. The van der Waals surface area contributed by atoms with Crippen LogP contribution >= 0.6 is 0 Å². The zero-order chi connectivity index (χ0) is 13.1. The first-order chi connectivity index (χ1) is 8.60. The van der Waals surface area contributed by atoms with Gasteiger partial charge in [-0.1, -0.05) is 35.0 Å². The van der Waals surface area contributed by atoms with Crippen LogP contribution < -0.4 is 5.73 Å². The van der Waals surface area contributed by atoms with Gasteiger partial charge in [-0.15, -0.1) is 0 Å². The number of benzene rings is 1. The van der Waals surface area contributed by atoms with Gasteiger partial charge in [0, 0.05) is 25.4 Å². The molecule has 96 valence electrons. The maximum absolute atomic E-state index is 11.8. The highest BCUT2D eigenvalue weighted by Crippen LogP contribution is 2.20. The van der Waals surface area contributed by atoms with Gasteiger partial charge in [0.1, 0.15) is 5.84 Å². The predicted molar refractivity (Wildman–Crippen MR) is 68.1 cm³/mol. The van der Waals surface area contributed by atoms with Gasteiger partial charge in [-0.2, -0.15) is 0 Å². The van der Waals surface area contributed by atoms with Crippen molar-refractivity contribution in [3.63, 3.8) is 0 Å². The van der Waals surface area contributed by atoms with Gasteiger partial charge >= 0.3 is 0 Å². The van der Waals surface area contributed by atoms with E-state index in [1.54, 1.807) is 4.90 Å². The van der Waals surface area contributed by atoms with Crippen LogP contribution in [0, 0.1) is 12.8 Å². The number of rotatable bonds is 3. The van der Waals surface area contributed by atoms with Crippen molar-refractivity contribution in [2.45, 2.75) is 19.9 Å². The molecule has 1 fully saturated rings. The van der Waals surface area contributed by atoms with Crippen LogP contribution in [0.2, 0.25) is 0 Å². The molecule has 0 radical (unpaired) electrons. The number of aryl methyl sites for hydroxylation is 1. The zero-order valence-corrected chi connectivity index (χ0v) is 10.3. The van der Waals surface area contributed by atoms with E-state index in [1.165, 1.54) is 5.56 Å². The van der Waals surface area contributed by atoms with Gasteiger partial charge in [-0.3, -0.25) is 4.79 Å². The van der Waals surface area contributed by atoms with Crippen LogP contribution in [0.5, 0.6) is 0 Å². The number of carbonyl (C=O) groups is 1. The van der Waals surface area contributed by atoms with Crippen LogP contribution in [0.3, 0.4) is 0 Å². The second-order valence-corrected chi connectivity index (χ2v) is 4.69. The fourth-order valence-electron chi connectivity index (χ4n) is 2.12. The molecule has 1 amide bonds. The number of amidine groups is 1. The minimum absolute atomic E-state index is 0.0483. The molecule has 1 aromatic rings. The summed E-state index contributed by atoms with van der Waals surface area (Å²) < 4.78 is 0. The highest BCUT2D eigenvalue weighted by molar-refractivity contribution is 5.91. The van der Waals surface area contributed by atoms with E-state index in [1.807, 2.05) is 31.2 Å². The quantitative estimate of drug-likeness (QED) is 0.363. The maximum Gasteiger partial charge on any atom is 0.223 e. The molecule has 1 heterocycles. The molecule has 1 atom stereocenters. The molecule has 1 aliphatic heterocycles. The Morgan fingerprint density at radius 1 is 1.50 bits per heavy atom. The molecule has 0 aliphatic carbocycles. The largest absolute Gasteiger partial charge is 0.409 e. The molecule has 18 heavy (non-hydrogen) atoms. The Labute approximate surface area is 106 Å². The minimum atomic E-state index is -0.173. The Hall–Kier alpha value is -2.04. The Kier molecular flexibility index (Phi) is 3.50. The molecular weight excluding hydrogens is 230 g/mol. The van der Waals surface area contributed by atoms with E-state index in [9.17, 15) is 4.79 Å². The number of nitrogens with zero attached hydrogens (tertiary/aromatic N) is 2. The van der Waals surface area contributed by atoms with E-state index < -0.39 is 0 Å². The number of hydrogen-bond donors (Lipinski definition) is 2. The van der Waals surface area contributed by atoms with Crippen molar-refractivity contribution < 1.29 is 10.0 Å². The van der Waals surface area contributed by atoms with Crippen LogP contribution in [-0.4, -0.2) is 28.4 Å². The molecule has 3 N–H and O–H groups in total. The second-order valence-electron chi connectivity index (χ2n) is 4.69. The third-order valence-corrected chi connectivity index (χ3v) is 3.24. The third-order valence-electron chi connectivity index (χ3n) is 3.24. The molecule has 0 spiro atoms. The lowest BCUT2D eigenvalue weighted by Crippen LogP contribution is -2.28. The number of likely N-dealkylation sites (tertiary alicyclic amines) is 1. The first kappa shape index (κ1) is 12.4. The fourth-order valence-corrected chi connectivity index (χ4v) is 2.12. The standard InChI is InChI=1S/C13H17N3O2/c1-9-2-4-10(5-3-9)7-16-8-11(6-12(16)17)13(14)15-18/h2-5,11,18H,6-8H2,1H3,(H2,14,15)/t11-/m0/s1. The monoisotopic (exact) mass is 247 g/mol. The second kappa shape index (κ2) is 5.08. The van der Waals surface area contributed by atoms with Crippen LogP contribution in [0.1, 0.15) is 17.5 Å². The number of hydrogen-bond acceptors (Lipinski definition) is 3. The van der Waals surface area contributed by atoms with Gasteiger partial charge in [-0.25, -0.2) is 0 Å². The van der Waals surface area contributed by atoms with Gasteiger partial charge in [-0.05, 0) is 12.5 Å². The van der Waals surface area contributed by atoms with E-state index >= 15 is 0 Å². The summed E-state index contributed by atoms with van der Waals surface area (Å²) in [5, 5.41) is 11.6. The number of amides is 1. The summed E-state index contributed by atoms with van der Waals surface area (Å²) in [6.45, 7) is 3.12. The van der Waals surface area contributed by atoms with Crippen LogP contribution in [-0.2, 0) is 11.3 Å². The van der Waals surface area contributed by atoms with E-state index in [2.05, 4.69) is 5.16 Å². The number of carbonyl (C=O) groups excluding carboxylic acids is 1. The van der Waals surface area contributed by atoms with E-state index in [0.29, 0.717) is 19.5 Å². The Morgan fingerprint density at radius 2 is 2.17 bits per heavy atom. The van der Waals surface area contributed by atoms with Crippen molar-refractivity contribution in [2.24, 2.45) is 16.8 Å². The molecule has 1 aliphatic rings. The topological polar surface area (TPSA) is 78.9 Å². The lowest BCUT2D eigenvalue weighted by molar-refractivity contribution is -0.128. The lowest BCUT2D eigenvalue weighted by Gasteiger charge is -2.16. The first-order valence-electron chi connectivity index (χ1n) is 5.91. The highest BCUT2D eigenvalue weighted by atomic mass is 16.4. The summed E-state index contributed by atoms with van der Waals surface area (Å²) in [6, 6.07) is 8.08. The Balaban J connectivity index is 2.02. The maximum atomic E-state index is 11.8. The summed E-state index contributed by atoms with van der Waals surface area (Å²) in [5.41, 5.74) is 7.82. The molecule has 0 unspecified atom stereocenters. The molecule has 2 rings (SSSR count). The number of oxime groups is 1. The smallest absolute Gasteiger partial charge is 0.223 e. The minimum Gasteiger partial charge on any atom is -0.409 e. The van der Waals surface area contributed by atoms with Gasteiger partial charge in [0.25, 0.3) is 0 Å². The zero-order valence-electron chi connectivity index (χ0n) is 10.3. The van der Waals surface area contributed by atoms with Crippen molar-refractivity contribution in [3.05, 3.63) is 35.4 Å². The molecule has 0 aromatic heterocycles.